The van der Waals surface area contributed by atoms with E-state index in [2.05, 4.69) is 20.3 Å². The molecular weight excluding hydrogens is 270 g/mol. The van der Waals surface area contributed by atoms with Gasteiger partial charge >= 0.3 is 0 Å². The number of pyridine rings is 1. The average molecular weight is 287 g/mol. The number of aliphatic hydroxyl groups excluding tert-OH is 1. The summed E-state index contributed by atoms with van der Waals surface area (Å²) in [5, 5.41) is 12.7. The maximum Gasteiger partial charge on any atom is 0.230 e. The van der Waals surface area contributed by atoms with Crippen LogP contribution in [0.4, 0.5) is 17.6 Å². The van der Waals surface area contributed by atoms with Crippen molar-refractivity contribution in [3.05, 3.63) is 40.8 Å². The third-order valence-corrected chi connectivity index (χ3v) is 3.38. The van der Waals surface area contributed by atoms with E-state index in [4.69, 9.17) is 0 Å². The second-order valence-electron chi connectivity index (χ2n) is 5.04. The van der Waals surface area contributed by atoms with E-state index in [-0.39, 0.29) is 11.5 Å². The van der Waals surface area contributed by atoms with Gasteiger partial charge in [0.15, 0.2) is 5.43 Å². The summed E-state index contributed by atoms with van der Waals surface area (Å²) in [5.41, 5.74) is -0.0912. The highest BCUT2D eigenvalue weighted by Crippen LogP contribution is 2.19. The van der Waals surface area contributed by atoms with Gasteiger partial charge in [0.2, 0.25) is 5.95 Å². The lowest BCUT2D eigenvalue weighted by atomic mass is 10.1. The number of piperidine rings is 1. The molecule has 3 N–H and O–H groups in total. The van der Waals surface area contributed by atoms with Gasteiger partial charge in [-0.2, -0.15) is 4.98 Å². The van der Waals surface area contributed by atoms with Crippen molar-refractivity contribution in [1.82, 2.24) is 15.0 Å². The molecule has 1 saturated heterocycles. The van der Waals surface area contributed by atoms with E-state index in [1.807, 2.05) is 11.0 Å². The van der Waals surface area contributed by atoms with E-state index in [0.29, 0.717) is 18.3 Å². The van der Waals surface area contributed by atoms with Gasteiger partial charge in [-0.25, -0.2) is 4.98 Å². The second kappa shape index (κ2) is 5.92. The Balaban J connectivity index is 1.78. The molecule has 0 aromatic carbocycles. The summed E-state index contributed by atoms with van der Waals surface area (Å²) < 4.78 is 0. The fourth-order valence-electron chi connectivity index (χ4n) is 2.39. The molecule has 0 bridgehead atoms. The Bertz CT molecular complexity index is 672. The predicted octanol–water partition coefficient (Wildman–Crippen LogP) is 0.870. The molecule has 1 fully saturated rings. The molecule has 1 atom stereocenters. The molecule has 0 radical (unpaired) electrons. The maximum atomic E-state index is 11.3. The fourth-order valence-corrected chi connectivity index (χ4v) is 2.39. The van der Waals surface area contributed by atoms with Crippen LogP contribution in [0, 0.1) is 0 Å². The van der Waals surface area contributed by atoms with E-state index in [0.717, 1.165) is 25.2 Å². The molecule has 7 nitrogen and oxygen atoms in total. The summed E-state index contributed by atoms with van der Waals surface area (Å²) in [7, 11) is 0. The number of hydrogen-bond donors (Lipinski definition) is 3. The van der Waals surface area contributed by atoms with Crippen molar-refractivity contribution >= 4 is 17.6 Å². The summed E-state index contributed by atoms with van der Waals surface area (Å²) in [6.45, 7) is 1.45. The Hall–Kier alpha value is -2.41. The maximum absolute atomic E-state index is 11.3. The number of β-amino-alcohol motifs (C(OH)–C–C–N with tert-alkyl or cyclic N) is 1. The van der Waals surface area contributed by atoms with Crippen LogP contribution < -0.4 is 15.6 Å². The zero-order valence-corrected chi connectivity index (χ0v) is 11.5. The van der Waals surface area contributed by atoms with Crippen LogP contribution in [-0.2, 0) is 0 Å². The lowest BCUT2D eigenvalue weighted by molar-refractivity contribution is 0.154. The summed E-state index contributed by atoms with van der Waals surface area (Å²) >= 11 is 0. The Morgan fingerprint density at radius 1 is 1.43 bits per heavy atom. The van der Waals surface area contributed by atoms with Crippen LogP contribution >= 0.6 is 0 Å². The Morgan fingerprint density at radius 2 is 2.33 bits per heavy atom. The van der Waals surface area contributed by atoms with Gasteiger partial charge in [0, 0.05) is 37.6 Å². The van der Waals surface area contributed by atoms with Crippen LogP contribution in [0.5, 0.6) is 0 Å². The molecule has 0 amide bonds. The first-order chi connectivity index (χ1) is 10.2. The Morgan fingerprint density at radius 3 is 3.14 bits per heavy atom. The summed E-state index contributed by atoms with van der Waals surface area (Å²) in [6.07, 6.45) is 4.69. The number of aliphatic hydroxyl groups is 1. The average Bonchev–Trinajstić information content (AvgIpc) is 2.47. The third kappa shape index (κ3) is 3.38. The van der Waals surface area contributed by atoms with Crippen molar-refractivity contribution in [2.45, 2.75) is 18.9 Å². The number of aromatic nitrogens is 3. The molecule has 1 aliphatic rings. The molecule has 0 aliphatic carbocycles. The molecule has 3 rings (SSSR count). The summed E-state index contributed by atoms with van der Waals surface area (Å²) in [4.78, 5) is 24.8. The van der Waals surface area contributed by atoms with Gasteiger partial charge in [-0.3, -0.25) is 4.79 Å². The Labute approximate surface area is 121 Å². The molecule has 2 aromatic rings. The number of rotatable bonds is 3. The van der Waals surface area contributed by atoms with Crippen molar-refractivity contribution in [1.29, 1.82) is 0 Å². The molecule has 2 aromatic heterocycles. The largest absolute Gasteiger partial charge is 0.391 e. The SMILES string of the molecule is O=c1cc[nH]c(Nc2nccc(N3CCCC(O)C3)n2)c1. The number of H-pyrrole nitrogens is 1. The molecule has 110 valence electrons. The van der Waals surface area contributed by atoms with Crippen LogP contribution in [-0.4, -0.2) is 39.3 Å². The normalized spacial score (nSPS) is 18.5. The molecule has 1 unspecified atom stereocenters. The Kier molecular flexibility index (Phi) is 3.83. The van der Waals surface area contributed by atoms with Crippen molar-refractivity contribution < 1.29 is 5.11 Å². The monoisotopic (exact) mass is 287 g/mol. The minimum absolute atomic E-state index is 0.0912. The number of nitrogens with one attached hydrogen (secondary N) is 2. The number of nitrogens with zero attached hydrogens (tertiary/aromatic N) is 3. The first-order valence-corrected chi connectivity index (χ1v) is 6.92. The van der Waals surface area contributed by atoms with Gasteiger partial charge in [0.05, 0.1) is 6.10 Å². The first-order valence-electron chi connectivity index (χ1n) is 6.92. The molecular formula is C14H17N5O2. The highest BCUT2D eigenvalue weighted by Gasteiger charge is 2.19. The lowest BCUT2D eigenvalue weighted by Gasteiger charge is -2.31. The molecule has 7 heteroatoms. The molecule has 0 spiro atoms. The topological polar surface area (TPSA) is 94.1 Å². The van der Waals surface area contributed by atoms with Gasteiger partial charge in [0.1, 0.15) is 11.6 Å². The summed E-state index contributed by atoms with van der Waals surface area (Å²) in [5.74, 6) is 1.72. The van der Waals surface area contributed by atoms with Gasteiger partial charge in [-0.15, -0.1) is 0 Å². The molecule has 21 heavy (non-hydrogen) atoms. The predicted molar refractivity (Wildman–Crippen MR) is 79.8 cm³/mol. The summed E-state index contributed by atoms with van der Waals surface area (Å²) in [6, 6.07) is 4.70. The standard InChI is InChI=1S/C14H17N5O2/c20-10-3-5-15-12(8-10)17-14-16-6-4-13(18-14)19-7-1-2-11(21)9-19/h3-6,8,11,21H,1-2,7,9H2,(H2,15,16,17,18,20). The van der Waals surface area contributed by atoms with Gasteiger partial charge < -0.3 is 20.3 Å². The number of hydrogen-bond acceptors (Lipinski definition) is 6. The van der Waals surface area contributed by atoms with E-state index < -0.39 is 0 Å². The zero-order chi connectivity index (χ0) is 14.7. The van der Waals surface area contributed by atoms with E-state index in [1.165, 1.54) is 12.1 Å². The molecule has 0 saturated carbocycles. The van der Waals surface area contributed by atoms with Crippen molar-refractivity contribution in [3.63, 3.8) is 0 Å². The second-order valence-corrected chi connectivity index (χ2v) is 5.04. The van der Waals surface area contributed by atoms with E-state index in [1.54, 1.807) is 12.4 Å². The molecule has 1 aliphatic heterocycles. The number of anilines is 3. The van der Waals surface area contributed by atoms with Crippen molar-refractivity contribution in [2.75, 3.05) is 23.3 Å². The van der Waals surface area contributed by atoms with Gasteiger partial charge in [-0.1, -0.05) is 0 Å². The minimum Gasteiger partial charge on any atom is -0.391 e. The highest BCUT2D eigenvalue weighted by atomic mass is 16.3. The van der Waals surface area contributed by atoms with Crippen molar-refractivity contribution in [3.8, 4) is 0 Å². The van der Waals surface area contributed by atoms with Crippen LogP contribution in [0.25, 0.3) is 0 Å². The third-order valence-electron chi connectivity index (χ3n) is 3.38. The van der Waals surface area contributed by atoms with Crippen LogP contribution in [0.3, 0.4) is 0 Å². The smallest absolute Gasteiger partial charge is 0.230 e. The van der Waals surface area contributed by atoms with Crippen LogP contribution in [0.1, 0.15) is 12.8 Å². The quantitative estimate of drug-likeness (QED) is 0.775. The highest BCUT2D eigenvalue weighted by molar-refractivity contribution is 5.50. The van der Waals surface area contributed by atoms with Gasteiger partial charge in [0.25, 0.3) is 0 Å². The van der Waals surface area contributed by atoms with Crippen LogP contribution in [0.15, 0.2) is 35.4 Å². The fraction of sp³-hybridized carbons (Fsp3) is 0.357. The van der Waals surface area contributed by atoms with Crippen molar-refractivity contribution in [2.24, 2.45) is 0 Å². The zero-order valence-electron chi connectivity index (χ0n) is 11.5. The van der Waals surface area contributed by atoms with E-state index >= 15 is 0 Å². The van der Waals surface area contributed by atoms with E-state index in [9.17, 15) is 9.90 Å². The van der Waals surface area contributed by atoms with Crippen LogP contribution in [0.2, 0.25) is 0 Å². The minimum atomic E-state index is -0.310. The molecule has 3 heterocycles. The number of aromatic amines is 1. The first kappa shape index (κ1) is 13.6. The lowest BCUT2D eigenvalue weighted by Crippen LogP contribution is -2.38. The van der Waals surface area contributed by atoms with Gasteiger partial charge in [-0.05, 0) is 18.9 Å².